The summed E-state index contributed by atoms with van der Waals surface area (Å²) in [6.45, 7) is 0. The van der Waals surface area contributed by atoms with E-state index >= 15 is 0 Å². The monoisotopic (exact) mass is 272 g/mol. The van der Waals surface area contributed by atoms with E-state index in [1.165, 1.54) is 0 Å². The molecule has 0 fully saturated rings. The summed E-state index contributed by atoms with van der Waals surface area (Å²) in [6, 6.07) is 10.7. The third-order valence-electron chi connectivity index (χ3n) is 2.99. The molecule has 2 rings (SSSR count). The molecule has 0 saturated carbocycles. The lowest BCUT2D eigenvalue weighted by Crippen LogP contribution is -2.14. The Kier molecular flexibility index (Phi) is 4.32. The second kappa shape index (κ2) is 6.16. The predicted octanol–water partition coefficient (Wildman–Crippen LogP) is 2.23. The second-order valence-corrected chi connectivity index (χ2v) is 4.42. The first-order chi connectivity index (χ1) is 9.60. The summed E-state index contributed by atoms with van der Waals surface area (Å²) in [6.07, 6.45) is 1.62. The maximum absolute atomic E-state index is 10.7. The second-order valence-electron chi connectivity index (χ2n) is 4.42. The number of ether oxygens (including phenoxy) is 1. The molecule has 0 aliphatic carbocycles. The van der Waals surface area contributed by atoms with Gasteiger partial charge in [-0.15, -0.1) is 0 Å². The summed E-state index contributed by atoms with van der Waals surface area (Å²) >= 11 is 0. The Hall–Kier alpha value is -2.40. The number of hydrogen-bond donors (Lipinski definition) is 2. The van der Waals surface area contributed by atoms with Crippen LogP contribution in [0.25, 0.3) is 11.1 Å². The van der Waals surface area contributed by atoms with Crippen molar-refractivity contribution in [3.8, 4) is 17.0 Å². The van der Waals surface area contributed by atoms with Gasteiger partial charge in [0.2, 0.25) is 5.88 Å². The average Bonchev–Trinajstić information content (AvgIpc) is 2.47. The zero-order chi connectivity index (χ0) is 14.5. The van der Waals surface area contributed by atoms with Crippen LogP contribution in [0.2, 0.25) is 0 Å². The van der Waals surface area contributed by atoms with Crippen molar-refractivity contribution < 1.29 is 14.6 Å². The molecule has 0 aliphatic heterocycles. The third-order valence-corrected chi connectivity index (χ3v) is 2.99. The maximum atomic E-state index is 10.7. The summed E-state index contributed by atoms with van der Waals surface area (Å²) in [5.74, 6) is -0.360. The van der Waals surface area contributed by atoms with Crippen molar-refractivity contribution in [1.82, 2.24) is 4.98 Å². The molecule has 1 aromatic heterocycles. The van der Waals surface area contributed by atoms with Crippen LogP contribution in [-0.2, 0) is 4.79 Å². The van der Waals surface area contributed by atoms with Gasteiger partial charge in [0.1, 0.15) is 0 Å². The predicted molar refractivity (Wildman–Crippen MR) is 75.4 cm³/mol. The molecule has 1 unspecified atom stereocenters. The molecule has 1 aromatic carbocycles. The third kappa shape index (κ3) is 3.33. The molecular formula is C15H16N2O3. The molecular weight excluding hydrogens is 256 g/mol. The van der Waals surface area contributed by atoms with Crippen LogP contribution in [0.1, 0.15) is 18.0 Å². The van der Waals surface area contributed by atoms with E-state index in [9.17, 15) is 4.79 Å². The van der Waals surface area contributed by atoms with Crippen LogP contribution in [0, 0.1) is 0 Å². The molecule has 5 heteroatoms. The number of carbonyl (C=O) groups is 1. The van der Waals surface area contributed by atoms with Crippen LogP contribution in [0.3, 0.4) is 0 Å². The van der Waals surface area contributed by atoms with Crippen molar-refractivity contribution in [3.05, 3.63) is 48.2 Å². The number of rotatable bonds is 5. The van der Waals surface area contributed by atoms with Gasteiger partial charge >= 0.3 is 5.97 Å². The fraction of sp³-hybridized carbons (Fsp3) is 0.200. The molecule has 2 aromatic rings. The number of aromatic nitrogens is 1. The molecule has 5 nitrogen and oxygen atoms in total. The molecule has 0 bridgehead atoms. The fourth-order valence-electron chi connectivity index (χ4n) is 1.93. The van der Waals surface area contributed by atoms with Gasteiger partial charge in [-0.05, 0) is 23.3 Å². The van der Waals surface area contributed by atoms with Gasteiger partial charge in [0.15, 0.2) is 0 Å². The summed E-state index contributed by atoms with van der Waals surface area (Å²) in [5.41, 5.74) is 8.53. The summed E-state index contributed by atoms with van der Waals surface area (Å²) in [7, 11) is 1.56. The first-order valence-corrected chi connectivity index (χ1v) is 6.18. The van der Waals surface area contributed by atoms with E-state index < -0.39 is 12.0 Å². The van der Waals surface area contributed by atoms with Crippen molar-refractivity contribution in [2.75, 3.05) is 7.11 Å². The number of carboxylic acids is 1. The minimum atomic E-state index is -0.908. The van der Waals surface area contributed by atoms with Crippen molar-refractivity contribution in [2.24, 2.45) is 5.73 Å². The van der Waals surface area contributed by atoms with E-state index in [0.717, 1.165) is 16.7 Å². The number of benzene rings is 1. The average molecular weight is 272 g/mol. The Labute approximate surface area is 117 Å². The van der Waals surface area contributed by atoms with Crippen LogP contribution in [0.5, 0.6) is 5.88 Å². The zero-order valence-electron chi connectivity index (χ0n) is 11.1. The Balaban J connectivity index is 2.26. The van der Waals surface area contributed by atoms with Gasteiger partial charge in [-0.2, -0.15) is 0 Å². The minimum Gasteiger partial charge on any atom is -0.481 e. The molecule has 1 heterocycles. The largest absolute Gasteiger partial charge is 0.481 e. The van der Waals surface area contributed by atoms with E-state index in [1.54, 1.807) is 19.4 Å². The van der Waals surface area contributed by atoms with Crippen molar-refractivity contribution in [2.45, 2.75) is 12.5 Å². The quantitative estimate of drug-likeness (QED) is 0.871. The molecule has 0 saturated heterocycles. The molecule has 20 heavy (non-hydrogen) atoms. The minimum absolute atomic E-state index is 0.0929. The highest BCUT2D eigenvalue weighted by atomic mass is 16.5. The number of nitrogens with zero attached hydrogens (tertiary/aromatic N) is 1. The first kappa shape index (κ1) is 14.0. The number of nitrogens with two attached hydrogens (primary N) is 1. The molecule has 0 aliphatic rings. The van der Waals surface area contributed by atoms with E-state index in [4.69, 9.17) is 15.6 Å². The fourth-order valence-corrected chi connectivity index (χ4v) is 1.93. The van der Waals surface area contributed by atoms with Gasteiger partial charge in [0.05, 0.1) is 13.5 Å². The van der Waals surface area contributed by atoms with Gasteiger partial charge in [0, 0.05) is 23.9 Å². The Morgan fingerprint density at radius 3 is 2.75 bits per heavy atom. The smallest absolute Gasteiger partial charge is 0.305 e. The standard InChI is InChI=1S/C15H16N2O3/c1-20-14-6-5-12(9-17-14)10-3-2-4-11(7-10)13(16)8-15(18)19/h2-7,9,13H,8,16H2,1H3,(H,18,19). The number of hydrogen-bond acceptors (Lipinski definition) is 4. The van der Waals surface area contributed by atoms with Crippen molar-refractivity contribution >= 4 is 5.97 Å². The number of aliphatic carboxylic acids is 1. The summed E-state index contributed by atoms with van der Waals surface area (Å²) in [5, 5.41) is 8.79. The number of carboxylic acid groups (broad SMARTS) is 1. The van der Waals surface area contributed by atoms with Crippen molar-refractivity contribution in [1.29, 1.82) is 0 Å². The van der Waals surface area contributed by atoms with Gasteiger partial charge in [-0.1, -0.05) is 18.2 Å². The Morgan fingerprint density at radius 2 is 2.15 bits per heavy atom. The van der Waals surface area contributed by atoms with Crippen LogP contribution in [0.15, 0.2) is 42.6 Å². The van der Waals surface area contributed by atoms with Gasteiger partial charge in [0.25, 0.3) is 0 Å². The van der Waals surface area contributed by atoms with Gasteiger partial charge in [-0.3, -0.25) is 4.79 Å². The highest BCUT2D eigenvalue weighted by Crippen LogP contribution is 2.24. The van der Waals surface area contributed by atoms with Crippen LogP contribution < -0.4 is 10.5 Å². The van der Waals surface area contributed by atoms with Gasteiger partial charge < -0.3 is 15.6 Å². The lowest BCUT2D eigenvalue weighted by Gasteiger charge is -2.11. The van der Waals surface area contributed by atoms with E-state index in [0.29, 0.717) is 5.88 Å². The number of methoxy groups -OCH3 is 1. The zero-order valence-corrected chi connectivity index (χ0v) is 11.1. The molecule has 3 N–H and O–H groups in total. The maximum Gasteiger partial charge on any atom is 0.305 e. The lowest BCUT2D eigenvalue weighted by atomic mass is 9.99. The van der Waals surface area contributed by atoms with Crippen LogP contribution in [-0.4, -0.2) is 23.2 Å². The molecule has 1 atom stereocenters. The van der Waals surface area contributed by atoms with E-state index in [1.807, 2.05) is 30.3 Å². The molecule has 104 valence electrons. The molecule has 0 amide bonds. The molecule has 0 spiro atoms. The molecule has 0 radical (unpaired) electrons. The SMILES string of the molecule is COc1ccc(-c2cccc(C(N)CC(=O)O)c2)cn1. The highest BCUT2D eigenvalue weighted by molar-refractivity contribution is 5.68. The van der Waals surface area contributed by atoms with E-state index in [2.05, 4.69) is 4.98 Å². The summed E-state index contributed by atoms with van der Waals surface area (Å²) < 4.78 is 5.01. The summed E-state index contributed by atoms with van der Waals surface area (Å²) in [4.78, 5) is 14.9. The lowest BCUT2D eigenvalue weighted by molar-refractivity contribution is -0.137. The topological polar surface area (TPSA) is 85.4 Å². The highest BCUT2D eigenvalue weighted by Gasteiger charge is 2.11. The number of pyridine rings is 1. The Morgan fingerprint density at radius 1 is 1.35 bits per heavy atom. The van der Waals surface area contributed by atoms with Crippen LogP contribution >= 0.6 is 0 Å². The first-order valence-electron chi connectivity index (χ1n) is 6.18. The van der Waals surface area contributed by atoms with Crippen LogP contribution in [0.4, 0.5) is 0 Å². The van der Waals surface area contributed by atoms with Gasteiger partial charge in [-0.25, -0.2) is 4.98 Å². The van der Waals surface area contributed by atoms with E-state index in [-0.39, 0.29) is 6.42 Å². The Bertz CT molecular complexity index is 596. The van der Waals surface area contributed by atoms with Crippen molar-refractivity contribution in [3.63, 3.8) is 0 Å². The normalized spacial score (nSPS) is 11.9.